The van der Waals surface area contributed by atoms with E-state index in [-0.39, 0.29) is 24.2 Å². The van der Waals surface area contributed by atoms with Crippen LogP contribution in [-0.4, -0.2) is 39.7 Å². The zero-order chi connectivity index (χ0) is 21.7. The third kappa shape index (κ3) is 5.13. The molecule has 4 N–H and O–H groups in total. The van der Waals surface area contributed by atoms with E-state index < -0.39 is 53.0 Å². The third-order valence-corrected chi connectivity index (χ3v) is 3.01. The Morgan fingerprint density at radius 2 is 1.69 bits per heavy atom. The van der Waals surface area contributed by atoms with Crippen LogP contribution < -0.4 is 5.32 Å². The molecular formula is C17H15N3O6. The summed E-state index contributed by atoms with van der Waals surface area (Å²) in [5.74, 6) is -4.17. The molecule has 9 heteroatoms. The highest BCUT2D eigenvalue weighted by atomic mass is 16.4. The number of phenols is 1. The first-order valence-electron chi connectivity index (χ1n) is 8.71. The molecular weight excluding hydrogens is 342 g/mol. The van der Waals surface area contributed by atoms with E-state index in [9.17, 15) is 19.5 Å². The predicted molar refractivity (Wildman–Crippen MR) is 90.3 cm³/mol. The molecule has 9 nitrogen and oxygen atoms in total. The van der Waals surface area contributed by atoms with Crippen molar-refractivity contribution in [2.24, 2.45) is 10.2 Å². The van der Waals surface area contributed by atoms with E-state index in [1.54, 1.807) is 0 Å². The highest BCUT2D eigenvalue weighted by molar-refractivity contribution is 5.94. The second kappa shape index (κ2) is 8.38. The first kappa shape index (κ1) is 14.6. The van der Waals surface area contributed by atoms with Gasteiger partial charge >= 0.3 is 11.9 Å². The molecule has 0 atom stereocenters. The summed E-state index contributed by atoms with van der Waals surface area (Å²) in [5.41, 5.74) is -0.903. The topological polar surface area (TPSA) is 149 Å². The number of carbonyl (C=O) groups excluding carboxylic acids is 1. The number of aliphatic carboxylic acids is 1. The van der Waals surface area contributed by atoms with Crippen molar-refractivity contribution in [3.63, 3.8) is 0 Å². The molecule has 0 aliphatic heterocycles. The Bertz CT molecular complexity index is 1010. The minimum Gasteiger partial charge on any atom is -0.507 e. The maximum atomic E-state index is 11.9. The van der Waals surface area contributed by atoms with Crippen molar-refractivity contribution in [2.75, 3.05) is 6.54 Å². The van der Waals surface area contributed by atoms with Crippen LogP contribution in [0.2, 0.25) is 0 Å². The SMILES string of the molecule is [2H]c1c([2H])c(N=Nc2ccc(C(=O)NCCC(=O)O)cc2)c([2H])c(C(=O)O)c1O. The van der Waals surface area contributed by atoms with Crippen LogP contribution in [0, 0.1) is 0 Å². The molecule has 0 aliphatic carbocycles. The van der Waals surface area contributed by atoms with Gasteiger partial charge in [0.25, 0.3) is 5.91 Å². The van der Waals surface area contributed by atoms with Gasteiger partial charge in [0.1, 0.15) is 11.3 Å². The molecule has 0 aliphatic rings. The Balaban J connectivity index is 2.24. The Kier molecular flexibility index (Phi) is 4.70. The van der Waals surface area contributed by atoms with E-state index in [0.29, 0.717) is 0 Å². The number of nitrogens with one attached hydrogen (secondary N) is 1. The first-order valence-corrected chi connectivity index (χ1v) is 7.21. The quantitative estimate of drug-likeness (QED) is 0.558. The van der Waals surface area contributed by atoms with E-state index >= 15 is 0 Å². The lowest BCUT2D eigenvalue weighted by atomic mass is 10.2. The van der Waals surface area contributed by atoms with Crippen LogP contribution >= 0.6 is 0 Å². The van der Waals surface area contributed by atoms with Gasteiger partial charge in [0.15, 0.2) is 0 Å². The highest BCUT2D eigenvalue weighted by Crippen LogP contribution is 2.25. The second-order valence-corrected chi connectivity index (χ2v) is 4.90. The molecule has 0 radical (unpaired) electrons. The van der Waals surface area contributed by atoms with Gasteiger partial charge in [-0.1, -0.05) is 0 Å². The van der Waals surface area contributed by atoms with E-state index in [2.05, 4.69) is 15.5 Å². The molecule has 0 fully saturated rings. The maximum Gasteiger partial charge on any atom is 0.339 e. The fourth-order valence-corrected chi connectivity index (χ4v) is 1.77. The van der Waals surface area contributed by atoms with Gasteiger partial charge in [-0.15, -0.1) is 0 Å². The van der Waals surface area contributed by atoms with Crippen LogP contribution in [0.15, 0.2) is 52.6 Å². The van der Waals surface area contributed by atoms with Crippen LogP contribution in [0.4, 0.5) is 11.4 Å². The number of benzene rings is 2. The van der Waals surface area contributed by atoms with Crippen LogP contribution in [0.1, 0.15) is 31.2 Å². The average Bonchev–Trinajstić information content (AvgIpc) is 2.66. The summed E-state index contributed by atoms with van der Waals surface area (Å²) >= 11 is 0. The number of aromatic hydroxyl groups is 1. The lowest BCUT2D eigenvalue weighted by Crippen LogP contribution is -2.25. The number of hydrogen-bond donors (Lipinski definition) is 4. The number of carboxylic acid groups (broad SMARTS) is 2. The maximum absolute atomic E-state index is 11.9. The lowest BCUT2D eigenvalue weighted by molar-refractivity contribution is -0.136. The van der Waals surface area contributed by atoms with Crippen LogP contribution in [-0.2, 0) is 4.79 Å². The van der Waals surface area contributed by atoms with E-state index in [1.165, 1.54) is 24.3 Å². The van der Waals surface area contributed by atoms with Gasteiger partial charge < -0.3 is 20.6 Å². The van der Waals surface area contributed by atoms with Crippen molar-refractivity contribution in [2.45, 2.75) is 6.42 Å². The number of carbonyl (C=O) groups is 3. The molecule has 2 rings (SSSR count). The Morgan fingerprint density at radius 3 is 2.31 bits per heavy atom. The monoisotopic (exact) mass is 360 g/mol. The Morgan fingerprint density at radius 1 is 1.04 bits per heavy atom. The van der Waals surface area contributed by atoms with Crippen molar-refractivity contribution in [3.8, 4) is 5.75 Å². The summed E-state index contributed by atoms with van der Waals surface area (Å²) < 4.78 is 23.2. The number of nitrogens with zero attached hydrogens (tertiary/aromatic N) is 2. The Hall–Kier alpha value is -3.75. The molecule has 2 aromatic rings. The summed E-state index contributed by atoms with van der Waals surface area (Å²) in [5, 5.41) is 37.1. The largest absolute Gasteiger partial charge is 0.507 e. The Labute approximate surface area is 151 Å². The van der Waals surface area contributed by atoms with Crippen LogP contribution in [0.3, 0.4) is 0 Å². The number of amides is 1. The minimum absolute atomic E-state index is 0.0313. The standard InChI is InChI=1S/C17H15N3O6/c21-14-6-5-12(9-13(14)17(25)26)20-19-11-3-1-10(2-4-11)16(24)18-8-7-15(22)23/h1-6,9,21H,7-8H2,(H,18,24)(H,22,23)(H,25,26)/i5D,6D,9D. The average molecular weight is 360 g/mol. The van der Waals surface area contributed by atoms with Crippen LogP contribution in [0.25, 0.3) is 0 Å². The van der Waals surface area contributed by atoms with Gasteiger partial charge in [-0.3, -0.25) is 9.59 Å². The van der Waals surface area contributed by atoms with E-state index in [1.807, 2.05) is 0 Å². The van der Waals surface area contributed by atoms with Gasteiger partial charge in [0.05, 0.1) is 21.9 Å². The highest BCUT2D eigenvalue weighted by Gasteiger charge is 2.10. The van der Waals surface area contributed by atoms with Crippen LogP contribution in [0.5, 0.6) is 5.75 Å². The summed E-state index contributed by atoms with van der Waals surface area (Å²) in [6, 6.07) is 3.36. The van der Waals surface area contributed by atoms with Crippen molar-refractivity contribution in [1.29, 1.82) is 0 Å². The van der Waals surface area contributed by atoms with Crippen molar-refractivity contribution >= 4 is 29.2 Å². The van der Waals surface area contributed by atoms with E-state index in [4.69, 9.17) is 14.3 Å². The number of carboxylic acids is 2. The van der Waals surface area contributed by atoms with Gasteiger partial charge in [-0.05, 0) is 42.4 Å². The normalized spacial score (nSPS) is 12.2. The molecule has 0 heterocycles. The lowest BCUT2D eigenvalue weighted by Gasteiger charge is -2.03. The van der Waals surface area contributed by atoms with Gasteiger partial charge in [-0.25, -0.2) is 4.79 Å². The molecule has 0 saturated heterocycles. The molecule has 134 valence electrons. The van der Waals surface area contributed by atoms with Gasteiger partial charge in [-0.2, -0.15) is 10.2 Å². The fraction of sp³-hybridized carbons (Fsp3) is 0.118. The zero-order valence-corrected chi connectivity index (χ0v) is 13.2. The number of azo groups is 1. The molecule has 0 bridgehead atoms. The van der Waals surface area contributed by atoms with Gasteiger partial charge in [0, 0.05) is 12.1 Å². The summed E-state index contributed by atoms with van der Waals surface area (Å²) in [6.45, 7) is -0.0313. The number of hydrogen-bond acceptors (Lipinski definition) is 6. The summed E-state index contributed by atoms with van der Waals surface area (Å²) in [4.78, 5) is 33.5. The molecule has 26 heavy (non-hydrogen) atoms. The molecule has 2 aromatic carbocycles. The van der Waals surface area contributed by atoms with Gasteiger partial charge in [0.2, 0.25) is 0 Å². The van der Waals surface area contributed by atoms with Crippen molar-refractivity contribution in [3.05, 3.63) is 53.5 Å². The number of rotatable bonds is 7. The zero-order valence-electron chi connectivity index (χ0n) is 16.2. The first-order chi connectivity index (χ1) is 13.6. The number of aromatic carboxylic acids is 1. The fourth-order valence-electron chi connectivity index (χ4n) is 1.77. The summed E-state index contributed by atoms with van der Waals surface area (Å²) in [6.07, 6.45) is -0.216. The third-order valence-electron chi connectivity index (χ3n) is 3.01. The predicted octanol–water partition coefficient (Wildman–Crippen LogP) is 2.71. The molecule has 0 aromatic heterocycles. The summed E-state index contributed by atoms with van der Waals surface area (Å²) in [7, 11) is 0. The molecule has 0 saturated carbocycles. The second-order valence-electron chi connectivity index (χ2n) is 4.90. The molecule has 0 spiro atoms. The molecule has 1 amide bonds. The smallest absolute Gasteiger partial charge is 0.339 e. The molecule has 0 unspecified atom stereocenters. The van der Waals surface area contributed by atoms with Crippen molar-refractivity contribution < 1.29 is 33.8 Å². The van der Waals surface area contributed by atoms with E-state index in [0.717, 1.165) is 0 Å². The van der Waals surface area contributed by atoms with Crippen molar-refractivity contribution in [1.82, 2.24) is 5.32 Å². The minimum atomic E-state index is -1.64.